The van der Waals surface area contributed by atoms with Crippen LogP contribution in [0.3, 0.4) is 0 Å². The van der Waals surface area contributed by atoms with Gasteiger partial charge in [-0.3, -0.25) is 0 Å². The van der Waals surface area contributed by atoms with Crippen LogP contribution in [-0.4, -0.2) is 34.1 Å². The number of nitrogens with zero attached hydrogens (tertiary/aromatic N) is 3. The van der Waals surface area contributed by atoms with Crippen LogP contribution in [-0.2, 0) is 0 Å². The van der Waals surface area contributed by atoms with Gasteiger partial charge < -0.3 is 10.0 Å². The Morgan fingerprint density at radius 2 is 2.10 bits per heavy atom. The highest BCUT2D eigenvalue weighted by Gasteiger charge is 2.28. The van der Waals surface area contributed by atoms with Gasteiger partial charge in [0.25, 0.3) is 0 Å². The monoisotopic (exact) mass is 277 g/mol. The van der Waals surface area contributed by atoms with E-state index >= 15 is 0 Å². The molecule has 1 aliphatic rings. The maximum atomic E-state index is 11.5. The van der Waals surface area contributed by atoms with Crippen LogP contribution in [0.15, 0.2) is 6.20 Å². The van der Waals surface area contributed by atoms with Crippen molar-refractivity contribution in [1.29, 1.82) is 0 Å². The van der Waals surface area contributed by atoms with Crippen LogP contribution in [0.2, 0.25) is 0 Å². The third-order valence-electron chi connectivity index (χ3n) is 4.02. The molecule has 1 fully saturated rings. The van der Waals surface area contributed by atoms with E-state index < -0.39 is 5.97 Å². The fourth-order valence-corrected chi connectivity index (χ4v) is 2.61. The first-order valence-corrected chi connectivity index (χ1v) is 7.25. The van der Waals surface area contributed by atoms with Crippen molar-refractivity contribution in [2.75, 3.05) is 18.0 Å². The van der Waals surface area contributed by atoms with Crippen LogP contribution >= 0.6 is 0 Å². The molecule has 2 rings (SSSR count). The van der Waals surface area contributed by atoms with Crippen molar-refractivity contribution in [2.45, 2.75) is 40.0 Å². The van der Waals surface area contributed by atoms with Crippen LogP contribution in [0, 0.1) is 11.8 Å². The van der Waals surface area contributed by atoms with Gasteiger partial charge in [-0.25, -0.2) is 14.8 Å². The number of anilines is 1. The first-order chi connectivity index (χ1) is 9.40. The molecular formula is C15H23N3O2. The maximum absolute atomic E-state index is 11.5. The highest BCUT2D eigenvalue weighted by Crippen LogP contribution is 2.30. The number of hydrogen-bond donors (Lipinski definition) is 1. The Bertz CT molecular complexity index is 500. The first-order valence-electron chi connectivity index (χ1n) is 7.25. The summed E-state index contributed by atoms with van der Waals surface area (Å²) in [5, 5.41) is 9.39. The van der Waals surface area contributed by atoms with E-state index in [1.54, 1.807) is 6.20 Å². The molecule has 0 saturated carbocycles. The minimum atomic E-state index is -0.975. The highest BCUT2D eigenvalue weighted by atomic mass is 16.4. The third-order valence-corrected chi connectivity index (χ3v) is 4.02. The summed E-state index contributed by atoms with van der Waals surface area (Å²) in [6.45, 7) is 10.1. The lowest BCUT2D eigenvalue weighted by Crippen LogP contribution is -2.25. The molecule has 110 valence electrons. The summed E-state index contributed by atoms with van der Waals surface area (Å²) < 4.78 is 0. The van der Waals surface area contributed by atoms with E-state index in [4.69, 9.17) is 0 Å². The average molecular weight is 277 g/mol. The van der Waals surface area contributed by atoms with Crippen LogP contribution in [0.4, 0.5) is 5.69 Å². The molecule has 0 spiro atoms. The lowest BCUT2D eigenvalue weighted by atomic mass is 9.95. The minimum absolute atomic E-state index is 0.129. The van der Waals surface area contributed by atoms with Gasteiger partial charge in [0.05, 0.1) is 11.9 Å². The predicted octanol–water partition coefficient (Wildman–Crippen LogP) is 2.78. The second kappa shape index (κ2) is 5.77. The van der Waals surface area contributed by atoms with Gasteiger partial charge in [-0.05, 0) is 18.3 Å². The number of carboxylic acids is 1. The predicted molar refractivity (Wildman–Crippen MR) is 78.2 cm³/mol. The van der Waals surface area contributed by atoms with E-state index in [0.717, 1.165) is 19.5 Å². The van der Waals surface area contributed by atoms with E-state index in [9.17, 15) is 9.90 Å². The molecule has 5 heteroatoms. The topological polar surface area (TPSA) is 66.3 Å². The maximum Gasteiger partial charge on any atom is 0.356 e. The number of carbonyl (C=O) groups is 1. The largest absolute Gasteiger partial charge is 0.476 e. The van der Waals surface area contributed by atoms with E-state index in [2.05, 4.69) is 28.7 Å². The molecule has 2 heterocycles. The molecule has 1 aromatic heterocycles. The molecule has 1 saturated heterocycles. The van der Waals surface area contributed by atoms with E-state index in [1.165, 1.54) is 0 Å². The average Bonchev–Trinajstić information content (AvgIpc) is 2.87. The van der Waals surface area contributed by atoms with Gasteiger partial charge in [-0.1, -0.05) is 27.7 Å². The Labute approximate surface area is 120 Å². The van der Waals surface area contributed by atoms with E-state index in [-0.39, 0.29) is 11.6 Å². The standard InChI is InChI=1S/C15H23N3O2/c1-9(2)11-5-6-18(8-11)12-7-16-14(10(3)4)17-13(12)15(19)20/h7,9-11H,5-6,8H2,1-4H3,(H,19,20). The Morgan fingerprint density at radius 3 is 2.60 bits per heavy atom. The number of aromatic carboxylic acids is 1. The van der Waals surface area contributed by atoms with Gasteiger partial charge in [0.15, 0.2) is 5.69 Å². The fraction of sp³-hybridized carbons (Fsp3) is 0.667. The zero-order chi connectivity index (χ0) is 14.9. The lowest BCUT2D eigenvalue weighted by molar-refractivity contribution is 0.0690. The summed E-state index contributed by atoms with van der Waals surface area (Å²) in [5.74, 6) is 0.970. The second-order valence-corrected chi connectivity index (χ2v) is 6.16. The molecule has 0 radical (unpaired) electrons. The number of hydrogen-bond acceptors (Lipinski definition) is 4. The lowest BCUT2D eigenvalue weighted by Gasteiger charge is -2.21. The van der Waals surface area contributed by atoms with Gasteiger partial charge in [-0.2, -0.15) is 0 Å². The third kappa shape index (κ3) is 2.92. The zero-order valence-corrected chi connectivity index (χ0v) is 12.6. The number of aromatic nitrogens is 2. The van der Waals surface area contributed by atoms with Gasteiger partial charge in [0, 0.05) is 19.0 Å². The van der Waals surface area contributed by atoms with Crippen molar-refractivity contribution in [1.82, 2.24) is 9.97 Å². The first kappa shape index (κ1) is 14.8. The van der Waals surface area contributed by atoms with Crippen molar-refractivity contribution in [3.63, 3.8) is 0 Å². The molecule has 0 aliphatic carbocycles. The molecule has 1 N–H and O–H groups in total. The smallest absolute Gasteiger partial charge is 0.356 e. The molecular weight excluding hydrogens is 254 g/mol. The molecule has 1 aromatic rings. The van der Waals surface area contributed by atoms with Crippen molar-refractivity contribution in [3.05, 3.63) is 17.7 Å². The molecule has 0 amide bonds. The molecule has 20 heavy (non-hydrogen) atoms. The number of rotatable bonds is 4. The van der Waals surface area contributed by atoms with Gasteiger partial charge in [-0.15, -0.1) is 0 Å². The molecule has 1 atom stereocenters. The minimum Gasteiger partial charge on any atom is -0.476 e. The summed E-state index contributed by atoms with van der Waals surface area (Å²) in [7, 11) is 0. The van der Waals surface area contributed by atoms with Crippen LogP contribution in [0.1, 0.15) is 56.3 Å². The summed E-state index contributed by atoms with van der Waals surface area (Å²) in [4.78, 5) is 22.1. The van der Waals surface area contributed by atoms with Crippen molar-refractivity contribution < 1.29 is 9.90 Å². The molecule has 0 bridgehead atoms. The van der Waals surface area contributed by atoms with Gasteiger partial charge in [0.1, 0.15) is 5.82 Å². The van der Waals surface area contributed by atoms with Crippen LogP contribution < -0.4 is 4.90 Å². The quantitative estimate of drug-likeness (QED) is 0.916. The summed E-state index contributed by atoms with van der Waals surface area (Å²) in [6.07, 6.45) is 2.77. The Morgan fingerprint density at radius 1 is 1.40 bits per heavy atom. The SMILES string of the molecule is CC(C)c1ncc(N2CCC(C(C)C)C2)c(C(=O)O)n1. The summed E-state index contributed by atoms with van der Waals surface area (Å²) >= 11 is 0. The van der Waals surface area contributed by atoms with Gasteiger partial charge in [0.2, 0.25) is 0 Å². The summed E-state index contributed by atoms with van der Waals surface area (Å²) in [5.41, 5.74) is 0.790. The molecule has 1 unspecified atom stereocenters. The Balaban J connectivity index is 2.30. The van der Waals surface area contributed by atoms with Crippen LogP contribution in [0.5, 0.6) is 0 Å². The fourth-order valence-electron chi connectivity index (χ4n) is 2.61. The number of carboxylic acid groups (broad SMARTS) is 1. The van der Waals surface area contributed by atoms with E-state index in [1.807, 2.05) is 13.8 Å². The normalized spacial score (nSPS) is 19.1. The molecule has 1 aliphatic heterocycles. The molecule has 0 aromatic carbocycles. The zero-order valence-electron chi connectivity index (χ0n) is 12.6. The highest BCUT2D eigenvalue weighted by molar-refractivity contribution is 5.92. The van der Waals surface area contributed by atoms with Crippen LogP contribution in [0.25, 0.3) is 0 Å². The molecule has 5 nitrogen and oxygen atoms in total. The van der Waals surface area contributed by atoms with Crippen molar-refractivity contribution in [3.8, 4) is 0 Å². The van der Waals surface area contributed by atoms with Crippen molar-refractivity contribution >= 4 is 11.7 Å². The second-order valence-electron chi connectivity index (χ2n) is 6.16. The van der Waals surface area contributed by atoms with Gasteiger partial charge >= 0.3 is 5.97 Å². The van der Waals surface area contributed by atoms with E-state index in [0.29, 0.717) is 23.3 Å². The Hall–Kier alpha value is -1.65. The summed E-state index contributed by atoms with van der Waals surface area (Å²) in [6, 6.07) is 0. The Kier molecular flexibility index (Phi) is 4.26. The van der Waals surface area contributed by atoms with Crippen molar-refractivity contribution in [2.24, 2.45) is 11.8 Å².